The third-order valence-corrected chi connectivity index (χ3v) is 3.18. The highest BCUT2D eigenvalue weighted by molar-refractivity contribution is 5.54. The van der Waals surface area contributed by atoms with E-state index in [1.54, 1.807) is 0 Å². The number of piperidine rings is 1. The molecule has 1 aliphatic rings. The first-order chi connectivity index (χ1) is 7.92. The van der Waals surface area contributed by atoms with Crippen molar-refractivity contribution in [2.75, 3.05) is 24.6 Å². The number of rotatable bonds is 4. The fraction of sp³-hybridized carbons (Fsp3) is 0.538. The minimum absolute atomic E-state index is 0.588. The molecular weight excluding hydrogens is 200 g/mol. The Labute approximate surface area is 97.1 Å². The van der Waals surface area contributed by atoms with E-state index in [1.165, 1.54) is 43.6 Å². The van der Waals surface area contributed by atoms with Gasteiger partial charge in [-0.15, -0.1) is 0 Å². The van der Waals surface area contributed by atoms with Crippen LogP contribution in [0.1, 0.15) is 24.8 Å². The number of hydrogen-bond donors (Lipinski definition) is 1. The van der Waals surface area contributed by atoms with E-state index in [0.717, 1.165) is 6.42 Å². The van der Waals surface area contributed by atoms with Gasteiger partial charge in [0, 0.05) is 18.8 Å². The van der Waals surface area contributed by atoms with Gasteiger partial charge < -0.3 is 9.74 Å². The van der Waals surface area contributed by atoms with Crippen molar-refractivity contribution in [3.05, 3.63) is 29.8 Å². The molecule has 0 saturated carbocycles. The lowest BCUT2D eigenvalue weighted by Crippen LogP contribution is -2.30. The smallest absolute Gasteiger partial charge is 0.0720 e. The van der Waals surface area contributed by atoms with Crippen LogP contribution in [0, 0.1) is 0 Å². The molecule has 1 fully saturated rings. The normalized spacial score (nSPS) is 16.4. The number of nitrogens with two attached hydrogens (primary N) is 1. The summed E-state index contributed by atoms with van der Waals surface area (Å²) in [6, 6.07) is 8.57. The molecule has 88 valence electrons. The van der Waals surface area contributed by atoms with Crippen molar-refractivity contribution >= 4 is 5.69 Å². The largest absolute Gasteiger partial charge is 0.371 e. The fourth-order valence-corrected chi connectivity index (χ4v) is 2.33. The maximum Gasteiger partial charge on any atom is 0.0720 e. The Bertz CT molecular complexity index is 321. The first-order valence-electron chi connectivity index (χ1n) is 6.06. The van der Waals surface area contributed by atoms with Crippen molar-refractivity contribution in [1.29, 1.82) is 0 Å². The van der Waals surface area contributed by atoms with Crippen LogP contribution >= 0.6 is 0 Å². The maximum absolute atomic E-state index is 5.09. The van der Waals surface area contributed by atoms with Gasteiger partial charge in [0.25, 0.3) is 0 Å². The average molecular weight is 220 g/mol. The number of anilines is 1. The molecule has 1 saturated heterocycles. The van der Waals surface area contributed by atoms with Crippen molar-refractivity contribution < 1.29 is 4.84 Å². The van der Waals surface area contributed by atoms with E-state index in [0.29, 0.717) is 6.61 Å². The lowest BCUT2D eigenvalue weighted by Gasteiger charge is -2.30. The topological polar surface area (TPSA) is 38.5 Å². The zero-order valence-electron chi connectivity index (χ0n) is 9.69. The minimum atomic E-state index is 0.588. The monoisotopic (exact) mass is 220 g/mol. The molecule has 1 aliphatic heterocycles. The SMILES string of the molecule is NOCCc1ccccc1N1CCCCC1. The van der Waals surface area contributed by atoms with Crippen LogP contribution in [0.15, 0.2) is 24.3 Å². The van der Waals surface area contributed by atoms with E-state index in [9.17, 15) is 0 Å². The molecule has 1 aromatic carbocycles. The Kier molecular flexibility index (Phi) is 4.19. The molecule has 2 rings (SSSR count). The Hall–Kier alpha value is -1.06. The van der Waals surface area contributed by atoms with E-state index >= 15 is 0 Å². The summed E-state index contributed by atoms with van der Waals surface area (Å²) in [5, 5.41) is 0. The fourth-order valence-electron chi connectivity index (χ4n) is 2.33. The summed E-state index contributed by atoms with van der Waals surface area (Å²) < 4.78 is 0. The molecule has 3 nitrogen and oxygen atoms in total. The lowest BCUT2D eigenvalue weighted by molar-refractivity contribution is 0.141. The number of benzene rings is 1. The van der Waals surface area contributed by atoms with Gasteiger partial charge in [0.05, 0.1) is 6.61 Å². The van der Waals surface area contributed by atoms with E-state index in [1.807, 2.05) is 0 Å². The highest BCUT2D eigenvalue weighted by atomic mass is 16.6. The second-order valence-corrected chi connectivity index (χ2v) is 4.30. The summed E-state index contributed by atoms with van der Waals surface area (Å²) in [6.07, 6.45) is 4.87. The van der Waals surface area contributed by atoms with Gasteiger partial charge in [-0.1, -0.05) is 18.2 Å². The van der Waals surface area contributed by atoms with E-state index in [2.05, 4.69) is 34.0 Å². The molecule has 0 spiro atoms. The molecular formula is C13H20N2O. The molecule has 2 N–H and O–H groups in total. The Morgan fingerprint density at radius 3 is 2.62 bits per heavy atom. The van der Waals surface area contributed by atoms with Crippen LogP contribution < -0.4 is 10.8 Å². The van der Waals surface area contributed by atoms with Gasteiger partial charge in [-0.05, 0) is 37.3 Å². The quantitative estimate of drug-likeness (QED) is 0.790. The molecule has 1 heterocycles. The zero-order valence-corrected chi connectivity index (χ0v) is 9.69. The molecule has 3 heteroatoms. The summed E-state index contributed by atoms with van der Waals surface area (Å²) >= 11 is 0. The van der Waals surface area contributed by atoms with Crippen LogP contribution in [0.5, 0.6) is 0 Å². The van der Waals surface area contributed by atoms with Gasteiger partial charge in [-0.3, -0.25) is 0 Å². The lowest BCUT2D eigenvalue weighted by atomic mass is 10.1. The number of hydrogen-bond acceptors (Lipinski definition) is 3. The summed E-state index contributed by atoms with van der Waals surface area (Å²) in [5.41, 5.74) is 2.70. The molecule has 0 amide bonds. The molecule has 1 aromatic rings. The van der Waals surface area contributed by atoms with E-state index < -0.39 is 0 Å². The summed E-state index contributed by atoms with van der Waals surface area (Å²) in [7, 11) is 0. The van der Waals surface area contributed by atoms with Crippen molar-refractivity contribution in [1.82, 2.24) is 0 Å². The van der Waals surface area contributed by atoms with E-state index in [-0.39, 0.29) is 0 Å². The average Bonchev–Trinajstić information content (AvgIpc) is 2.38. The van der Waals surface area contributed by atoms with Gasteiger partial charge in [-0.25, -0.2) is 5.90 Å². The third-order valence-electron chi connectivity index (χ3n) is 3.18. The summed E-state index contributed by atoms with van der Waals surface area (Å²) in [4.78, 5) is 7.15. The van der Waals surface area contributed by atoms with Crippen LogP contribution in [0.3, 0.4) is 0 Å². The van der Waals surface area contributed by atoms with Gasteiger partial charge in [-0.2, -0.15) is 0 Å². The van der Waals surface area contributed by atoms with Crippen molar-refractivity contribution in [3.8, 4) is 0 Å². The van der Waals surface area contributed by atoms with Crippen LogP contribution in [0.2, 0.25) is 0 Å². The molecule has 0 unspecified atom stereocenters. The Morgan fingerprint density at radius 2 is 1.88 bits per heavy atom. The van der Waals surface area contributed by atoms with Gasteiger partial charge in [0.2, 0.25) is 0 Å². The molecule has 0 bridgehead atoms. The first kappa shape index (κ1) is 11.4. The highest BCUT2D eigenvalue weighted by Gasteiger charge is 2.13. The third kappa shape index (κ3) is 2.74. The van der Waals surface area contributed by atoms with Gasteiger partial charge in [0.15, 0.2) is 0 Å². The Morgan fingerprint density at radius 1 is 1.12 bits per heavy atom. The summed E-state index contributed by atoms with van der Waals surface area (Å²) in [5.74, 6) is 5.09. The molecule has 0 aromatic heterocycles. The standard InChI is InChI=1S/C13H20N2O/c14-16-11-8-12-6-2-3-7-13(12)15-9-4-1-5-10-15/h2-3,6-7H,1,4-5,8-11,14H2. The second kappa shape index (κ2) is 5.87. The molecule has 0 atom stereocenters. The minimum Gasteiger partial charge on any atom is -0.371 e. The molecule has 16 heavy (non-hydrogen) atoms. The molecule has 0 aliphatic carbocycles. The second-order valence-electron chi connectivity index (χ2n) is 4.30. The summed E-state index contributed by atoms with van der Waals surface area (Å²) in [6.45, 7) is 2.95. The van der Waals surface area contributed by atoms with Crippen molar-refractivity contribution in [2.45, 2.75) is 25.7 Å². The van der Waals surface area contributed by atoms with Crippen molar-refractivity contribution in [3.63, 3.8) is 0 Å². The van der Waals surface area contributed by atoms with Crippen molar-refractivity contribution in [2.24, 2.45) is 5.90 Å². The highest BCUT2D eigenvalue weighted by Crippen LogP contribution is 2.24. The van der Waals surface area contributed by atoms with Crippen LogP contribution in [0.25, 0.3) is 0 Å². The van der Waals surface area contributed by atoms with Crippen LogP contribution in [-0.4, -0.2) is 19.7 Å². The van der Waals surface area contributed by atoms with Gasteiger partial charge >= 0.3 is 0 Å². The van der Waals surface area contributed by atoms with Crippen LogP contribution in [0.4, 0.5) is 5.69 Å². The van der Waals surface area contributed by atoms with Gasteiger partial charge in [0.1, 0.15) is 0 Å². The first-order valence-corrected chi connectivity index (χ1v) is 6.06. The maximum atomic E-state index is 5.09. The van der Waals surface area contributed by atoms with Crippen LogP contribution in [-0.2, 0) is 11.3 Å². The van der Waals surface area contributed by atoms with E-state index in [4.69, 9.17) is 5.90 Å². The zero-order chi connectivity index (χ0) is 11.2. The predicted octanol–water partition coefficient (Wildman–Crippen LogP) is 2.11. The number of para-hydroxylation sites is 1. The predicted molar refractivity (Wildman–Crippen MR) is 66.3 cm³/mol. The Balaban J connectivity index is 2.11. The molecule has 0 radical (unpaired) electrons. The number of nitrogens with zero attached hydrogens (tertiary/aromatic N) is 1.